The number of hydrogen-bond donors (Lipinski definition) is 1. The zero-order chi connectivity index (χ0) is 15.2. The number of nitrogens with zero attached hydrogens (tertiary/aromatic N) is 1. The molecule has 1 atom stereocenters. The third kappa shape index (κ3) is 5.11. The summed E-state index contributed by atoms with van der Waals surface area (Å²) in [4.78, 5) is 2.04. The zero-order valence-corrected chi connectivity index (χ0v) is 13.4. The van der Waals surface area contributed by atoms with E-state index in [0.29, 0.717) is 6.54 Å². The van der Waals surface area contributed by atoms with Crippen LogP contribution in [-0.4, -0.2) is 52.9 Å². The lowest BCUT2D eigenvalue weighted by atomic mass is 10.1. The molecule has 0 aliphatic heterocycles. The molecule has 0 aliphatic carbocycles. The molecule has 0 bridgehead atoms. The molecule has 1 aromatic rings. The van der Waals surface area contributed by atoms with E-state index in [0.717, 1.165) is 17.7 Å². The number of methoxy groups -OCH3 is 1. The van der Waals surface area contributed by atoms with Crippen LogP contribution in [0.4, 0.5) is 0 Å². The van der Waals surface area contributed by atoms with Crippen molar-refractivity contribution in [2.75, 3.05) is 33.5 Å². The van der Waals surface area contributed by atoms with Crippen LogP contribution in [0.2, 0.25) is 0 Å². The molecule has 0 saturated carbocycles. The van der Waals surface area contributed by atoms with Crippen LogP contribution in [0.15, 0.2) is 24.3 Å². The Kier molecular flexibility index (Phi) is 6.45. The van der Waals surface area contributed by atoms with Gasteiger partial charge >= 0.3 is 0 Å². The molecule has 6 heteroatoms. The summed E-state index contributed by atoms with van der Waals surface area (Å²) < 4.78 is 30.5. The van der Waals surface area contributed by atoms with E-state index in [2.05, 4.69) is 11.6 Å². The number of benzene rings is 1. The number of rotatable bonds is 8. The molecule has 1 rings (SSSR count). The van der Waals surface area contributed by atoms with E-state index < -0.39 is 10.0 Å². The smallest absolute Gasteiger partial charge is 0.212 e. The number of para-hydroxylation sites is 1. The third-order valence-corrected chi connectivity index (χ3v) is 4.83. The minimum atomic E-state index is -3.15. The number of sulfonamides is 1. The summed E-state index contributed by atoms with van der Waals surface area (Å²) >= 11 is 0. The monoisotopic (exact) mass is 300 g/mol. The first kappa shape index (κ1) is 16.9. The molecule has 0 heterocycles. The second-order valence-electron chi connectivity index (χ2n) is 4.87. The Balaban J connectivity index is 2.59. The van der Waals surface area contributed by atoms with Gasteiger partial charge in [0, 0.05) is 12.6 Å². The predicted octanol–water partition coefficient (Wildman–Crippen LogP) is 1.11. The predicted molar refractivity (Wildman–Crippen MR) is 81.6 cm³/mol. The lowest BCUT2D eigenvalue weighted by Gasteiger charge is -2.25. The van der Waals surface area contributed by atoms with Gasteiger partial charge in [-0.25, -0.2) is 13.1 Å². The Bertz CT molecular complexity index is 517. The summed E-state index contributed by atoms with van der Waals surface area (Å²) in [6, 6.07) is 8.13. The van der Waals surface area contributed by atoms with Gasteiger partial charge in [-0.3, -0.25) is 0 Å². The van der Waals surface area contributed by atoms with E-state index in [1.54, 1.807) is 7.11 Å². The van der Waals surface area contributed by atoms with Gasteiger partial charge in [-0.2, -0.15) is 0 Å². The fourth-order valence-corrected chi connectivity index (χ4v) is 2.66. The van der Waals surface area contributed by atoms with Crippen LogP contribution >= 0.6 is 0 Å². The molecular weight excluding hydrogens is 276 g/mol. The van der Waals surface area contributed by atoms with Gasteiger partial charge in [0.25, 0.3) is 0 Å². The summed E-state index contributed by atoms with van der Waals surface area (Å²) in [7, 11) is 1.88. The average Bonchev–Trinajstić information content (AvgIpc) is 2.45. The average molecular weight is 300 g/mol. The minimum Gasteiger partial charge on any atom is -0.496 e. The van der Waals surface area contributed by atoms with E-state index in [9.17, 15) is 8.42 Å². The zero-order valence-electron chi connectivity index (χ0n) is 12.6. The molecule has 0 aliphatic rings. The second kappa shape index (κ2) is 7.61. The lowest BCUT2D eigenvalue weighted by Crippen LogP contribution is -2.37. The fraction of sp³-hybridized carbons (Fsp3) is 0.571. The highest BCUT2D eigenvalue weighted by Crippen LogP contribution is 2.20. The molecule has 0 spiro atoms. The highest BCUT2D eigenvalue weighted by atomic mass is 32.2. The molecule has 1 aromatic carbocycles. The third-order valence-electron chi connectivity index (χ3n) is 3.48. The Hall–Kier alpha value is -1.11. The van der Waals surface area contributed by atoms with Gasteiger partial charge in [0.05, 0.1) is 12.9 Å². The van der Waals surface area contributed by atoms with Crippen LogP contribution < -0.4 is 9.46 Å². The summed E-state index contributed by atoms with van der Waals surface area (Å²) in [5.41, 5.74) is 1.13. The van der Waals surface area contributed by atoms with Gasteiger partial charge in [0.1, 0.15) is 5.75 Å². The summed E-state index contributed by atoms with van der Waals surface area (Å²) in [5, 5.41) is 0. The van der Waals surface area contributed by atoms with E-state index in [1.807, 2.05) is 36.2 Å². The van der Waals surface area contributed by atoms with Crippen LogP contribution in [0.5, 0.6) is 5.75 Å². The van der Waals surface area contributed by atoms with Crippen molar-refractivity contribution in [2.45, 2.75) is 19.4 Å². The topological polar surface area (TPSA) is 58.6 Å². The van der Waals surface area contributed by atoms with Crippen LogP contribution in [0, 0.1) is 0 Å². The molecule has 0 aromatic heterocycles. The van der Waals surface area contributed by atoms with Crippen LogP contribution in [0.1, 0.15) is 12.5 Å². The molecular formula is C14H24N2O3S. The highest BCUT2D eigenvalue weighted by molar-refractivity contribution is 7.89. The van der Waals surface area contributed by atoms with Crippen LogP contribution in [0.25, 0.3) is 0 Å². The van der Waals surface area contributed by atoms with Crippen LogP contribution in [0.3, 0.4) is 0 Å². The molecule has 1 N–H and O–H groups in total. The molecule has 0 amide bonds. The standard InChI is InChI=1S/C14H24N2O3S/c1-12(16(3)9-10-20(17,18)15-2)11-13-7-5-6-8-14(13)19-4/h5-8,12,15H,9-11H2,1-4H3. The summed E-state index contributed by atoms with van der Waals surface area (Å²) in [6.07, 6.45) is 0.820. The van der Waals surface area contributed by atoms with Crippen molar-refractivity contribution >= 4 is 10.0 Å². The van der Waals surface area contributed by atoms with Gasteiger partial charge in [0.2, 0.25) is 10.0 Å². The molecule has 5 nitrogen and oxygen atoms in total. The molecule has 0 saturated heterocycles. The molecule has 0 radical (unpaired) electrons. The van der Waals surface area contributed by atoms with Crippen molar-refractivity contribution in [3.05, 3.63) is 29.8 Å². The Morgan fingerprint density at radius 1 is 1.35 bits per heavy atom. The number of hydrogen-bond acceptors (Lipinski definition) is 4. The van der Waals surface area contributed by atoms with Crippen molar-refractivity contribution in [2.24, 2.45) is 0 Å². The van der Waals surface area contributed by atoms with Crippen molar-refractivity contribution in [1.29, 1.82) is 0 Å². The maximum atomic E-state index is 11.4. The maximum Gasteiger partial charge on any atom is 0.212 e. The maximum absolute atomic E-state index is 11.4. The van der Waals surface area contributed by atoms with Crippen molar-refractivity contribution in [3.8, 4) is 5.75 Å². The Morgan fingerprint density at radius 2 is 2.00 bits per heavy atom. The SMILES string of the molecule is CNS(=O)(=O)CCN(C)C(C)Cc1ccccc1OC. The van der Waals surface area contributed by atoms with Gasteiger partial charge < -0.3 is 9.64 Å². The largest absolute Gasteiger partial charge is 0.496 e. The van der Waals surface area contributed by atoms with Gasteiger partial charge in [0.15, 0.2) is 0 Å². The van der Waals surface area contributed by atoms with Gasteiger partial charge in [-0.15, -0.1) is 0 Å². The van der Waals surface area contributed by atoms with E-state index in [4.69, 9.17) is 4.74 Å². The second-order valence-corrected chi connectivity index (χ2v) is 6.91. The summed E-state index contributed by atoms with van der Waals surface area (Å²) in [6.45, 7) is 2.58. The van der Waals surface area contributed by atoms with Gasteiger partial charge in [-0.1, -0.05) is 18.2 Å². The van der Waals surface area contributed by atoms with Crippen molar-refractivity contribution in [3.63, 3.8) is 0 Å². The van der Waals surface area contributed by atoms with Crippen LogP contribution in [-0.2, 0) is 16.4 Å². The minimum absolute atomic E-state index is 0.107. The van der Waals surface area contributed by atoms with Gasteiger partial charge in [-0.05, 0) is 39.1 Å². The van der Waals surface area contributed by atoms with Crippen molar-refractivity contribution < 1.29 is 13.2 Å². The summed E-state index contributed by atoms with van der Waals surface area (Å²) in [5.74, 6) is 0.978. The Morgan fingerprint density at radius 3 is 2.60 bits per heavy atom. The fourth-order valence-electron chi connectivity index (χ4n) is 1.93. The Labute approximate surface area is 122 Å². The molecule has 0 fully saturated rings. The number of likely N-dealkylation sites (N-methyl/N-ethyl adjacent to an activating group) is 1. The molecule has 114 valence electrons. The first-order valence-corrected chi connectivity index (χ1v) is 8.28. The lowest BCUT2D eigenvalue weighted by molar-refractivity contribution is 0.268. The quantitative estimate of drug-likeness (QED) is 0.781. The number of ether oxygens (including phenoxy) is 1. The van der Waals surface area contributed by atoms with E-state index in [-0.39, 0.29) is 11.8 Å². The van der Waals surface area contributed by atoms with E-state index >= 15 is 0 Å². The first-order valence-electron chi connectivity index (χ1n) is 6.63. The van der Waals surface area contributed by atoms with Crippen molar-refractivity contribution in [1.82, 2.24) is 9.62 Å². The normalized spacial score (nSPS) is 13.4. The van der Waals surface area contributed by atoms with E-state index in [1.165, 1.54) is 7.05 Å². The first-order chi connectivity index (χ1) is 9.39. The molecule has 1 unspecified atom stereocenters. The number of nitrogens with one attached hydrogen (secondary N) is 1. The highest BCUT2D eigenvalue weighted by Gasteiger charge is 2.15. The molecule has 20 heavy (non-hydrogen) atoms.